The molecular formula is C16H21BrN2O. The standard InChI is InChI=1S/C16H21BrN2O/c1-18-11-14-3-2-10-19(12-14)16(20)9-6-13-4-7-15(17)8-5-13/h4-9,14,18H,2-3,10-12H2,1H3/b9-6+. The Morgan fingerprint density at radius 1 is 1.45 bits per heavy atom. The van der Waals surface area contributed by atoms with E-state index in [4.69, 9.17) is 0 Å². The molecule has 3 nitrogen and oxygen atoms in total. The van der Waals surface area contributed by atoms with Gasteiger partial charge in [0, 0.05) is 23.6 Å². The number of rotatable bonds is 4. The van der Waals surface area contributed by atoms with Crippen LogP contribution in [0, 0.1) is 5.92 Å². The van der Waals surface area contributed by atoms with Crippen molar-refractivity contribution >= 4 is 27.9 Å². The third kappa shape index (κ3) is 4.46. The molecule has 2 rings (SSSR count). The second-order valence-electron chi connectivity index (χ2n) is 5.24. The number of amides is 1. The molecule has 1 aromatic rings. The molecular weight excluding hydrogens is 316 g/mol. The third-order valence-corrected chi connectivity index (χ3v) is 4.14. The van der Waals surface area contributed by atoms with Gasteiger partial charge in [-0.15, -0.1) is 0 Å². The van der Waals surface area contributed by atoms with Crippen LogP contribution >= 0.6 is 15.9 Å². The van der Waals surface area contributed by atoms with Gasteiger partial charge in [-0.1, -0.05) is 28.1 Å². The van der Waals surface area contributed by atoms with E-state index in [1.807, 2.05) is 42.3 Å². The third-order valence-electron chi connectivity index (χ3n) is 3.61. The molecule has 1 aliphatic rings. The van der Waals surface area contributed by atoms with Crippen molar-refractivity contribution in [1.29, 1.82) is 0 Å². The van der Waals surface area contributed by atoms with E-state index in [2.05, 4.69) is 21.2 Å². The smallest absolute Gasteiger partial charge is 0.246 e. The number of likely N-dealkylation sites (tertiary alicyclic amines) is 1. The highest BCUT2D eigenvalue weighted by molar-refractivity contribution is 9.10. The van der Waals surface area contributed by atoms with Gasteiger partial charge in [-0.25, -0.2) is 0 Å². The molecule has 4 heteroatoms. The van der Waals surface area contributed by atoms with Gasteiger partial charge in [-0.2, -0.15) is 0 Å². The predicted molar refractivity (Wildman–Crippen MR) is 86.4 cm³/mol. The van der Waals surface area contributed by atoms with Crippen molar-refractivity contribution < 1.29 is 4.79 Å². The molecule has 1 amide bonds. The summed E-state index contributed by atoms with van der Waals surface area (Å²) in [5.74, 6) is 0.701. The molecule has 0 bridgehead atoms. The van der Waals surface area contributed by atoms with Crippen LogP contribution in [0.1, 0.15) is 18.4 Å². The lowest BCUT2D eigenvalue weighted by Gasteiger charge is -2.32. The Labute approximate surface area is 129 Å². The van der Waals surface area contributed by atoms with Crippen molar-refractivity contribution in [2.24, 2.45) is 5.92 Å². The van der Waals surface area contributed by atoms with Crippen LogP contribution in [0.5, 0.6) is 0 Å². The molecule has 1 unspecified atom stereocenters. The second kappa shape index (κ2) is 7.60. The lowest BCUT2D eigenvalue weighted by molar-refractivity contribution is -0.127. The van der Waals surface area contributed by atoms with Gasteiger partial charge in [0.1, 0.15) is 0 Å². The Morgan fingerprint density at radius 3 is 2.90 bits per heavy atom. The summed E-state index contributed by atoms with van der Waals surface area (Å²) in [5.41, 5.74) is 1.05. The molecule has 0 radical (unpaired) electrons. The number of nitrogens with one attached hydrogen (secondary N) is 1. The lowest BCUT2D eigenvalue weighted by atomic mass is 9.98. The lowest BCUT2D eigenvalue weighted by Crippen LogP contribution is -2.41. The number of carbonyl (C=O) groups is 1. The minimum absolute atomic E-state index is 0.119. The fourth-order valence-corrected chi connectivity index (χ4v) is 2.83. The highest BCUT2D eigenvalue weighted by atomic mass is 79.9. The predicted octanol–water partition coefficient (Wildman–Crippen LogP) is 2.92. The van der Waals surface area contributed by atoms with Gasteiger partial charge in [0.15, 0.2) is 0 Å². The maximum atomic E-state index is 12.2. The van der Waals surface area contributed by atoms with Crippen LogP contribution in [-0.4, -0.2) is 37.5 Å². The molecule has 1 fully saturated rings. The number of piperidine rings is 1. The number of hydrogen-bond donors (Lipinski definition) is 1. The van der Waals surface area contributed by atoms with Crippen LogP contribution in [0.25, 0.3) is 6.08 Å². The van der Waals surface area contributed by atoms with Gasteiger partial charge in [0.2, 0.25) is 5.91 Å². The SMILES string of the molecule is CNCC1CCCN(C(=O)/C=C/c2ccc(Br)cc2)C1. The zero-order valence-corrected chi connectivity index (χ0v) is 13.4. The van der Waals surface area contributed by atoms with Crippen LogP contribution in [0.3, 0.4) is 0 Å². The van der Waals surface area contributed by atoms with E-state index in [1.165, 1.54) is 6.42 Å². The number of carbonyl (C=O) groups excluding carboxylic acids is 1. The first kappa shape index (κ1) is 15.3. The van der Waals surface area contributed by atoms with Gasteiger partial charge in [0.25, 0.3) is 0 Å². The van der Waals surface area contributed by atoms with Crippen molar-refractivity contribution in [2.45, 2.75) is 12.8 Å². The van der Waals surface area contributed by atoms with Crippen LogP contribution in [0.2, 0.25) is 0 Å². The molecule has 108 valence electrons. The first-order chi connectivity index (χ1) is 9.69. The molecule has 1 heterocycles. The largest absolute Gasteiger partial charge is 0.339 e. The van der Waals surface area contributed by atoms with Gasteiger partial charge in [0.05, 0.1) is 0 Å². The Morgan fingerprint density at radius 2 is 2.20 bits per heavy atom. The average Bonchev–Trinajstić information content (AvgIpc) is 2.47. The summed E-state index contributed by atoms with van der Waals surface area (Å²) >= 11 is 3.40. The van der Waals surface area contributed by atoms with Crippen molar-refractivity contribution in [3.63, 3.8) is 0 Å². The van der Waals surface area contributed by atoms with Crippen molar-refractivity contribution in [3.8, 4) is 0 Å². The highest BCUT2D eigenvalue weighted by Crippen LogP contribution is 2.16. The first-order valence-electron chi connectivity index (χ1n) is 7.06. The second-order valence-corrected chi connectivity index (χ2v) is 6.15. The van der Waals surface area contributed by atoms with E-state index < -0.39 is 0 Å². The maximum absolute atomic E-state index is 12.2. The fourth-order valence-electron chi connectivity index (χ4n) is 2.57. The number of halogens is 1. The van der Waals surface area contributed by atoms with Crippen molar-refractivity contribution in [1.82, 2.24) is 10.2 Å². The first-order valence-corrected chi connectivity index (χ1v) is 7.85. The zero-order valence-electron chi connectivity index (χ0n) is 11.8. The molecule has 1 saturated heterocycles. The Balaban J connectivity index is 1.92. The van der Waals surface area contributed by atoms with E-state index in [-0.39, 0.29) is 5.91 Å². The molecule has 0 aromatic heterocycles. The summed E-state index contributed by atoms with van der Waals surface area (Å²) in [5, 5.41) is 3.20. The van der Waals surface area contributed by atoms with E-state index in [1.54, 1.807) is 6.08 Å². The van der Waals surface area contributed by atoms with Crippen LogP contribution in [-0.2, 0) is 4.79 Å². The van der Waals surface area contributed by atoms with Gasteiger partial charge >= 0.3 is 0 Å². The average molecular weight is 337 g/mol. The topological polar surface area (TPSA) is 32.3 Å². The monoisotopic (exact) mass is 336 g/mol. The molecule has 0 aliphatic carbocycles. The van der Waals surface area contributed by atoms with Crippen molar-refractivity contribution in [2.75, 3.05) is 26.7 Å². The summed E-state index contributed by atoms with van der Waals surface area (Å²) < 4.78 is 1.05. The van der Waals surface area contributed by atoms with Gasteiger partial charge < -0.3 is 10.2 Å². The Hall–Kier alpha value is -1.13. The molecule has 1 N–H and O–H groups in total. The molecule has 1 aromatic carbocycles. The fraction of sp³-hybridized carbons (Fsp3) is 0.438. The van der Waals surface area contributed by atoms with E-state index in [0.717, 1.165) is 36.1 Å². The molecule has 0 spiro atoms. The number of nitrogens with zero attached hydrogens (tertiary/aromatic N) is 1. The maximum Gasteiger partial charge on any atom is 0.246 e. The summed E-state index contributed by atoms with van der Waals surface area (Å²) in [6.45, 7) is 2.73. The van der Waals surface area contributed by atoms with E-state index in [0.29, 0.717) is 5.92 Å². The van der Waals surface area contributed by atoms with Crippen LogP contribution < -0.4 is 5.32 Å². The van der Waals surface area contributed by atoms with Gasteiger partial charge in [-0.05, 0) is 56.1 Å². The highest BCUT2D eigenvalue weighted by Gasteiger charge is 2.21. The molecule has 20 heavy (non-hydrogen) atoms. The van der Waals surface area contributed by atoms with Crippen molar-refractivity contribution in [3.05, 3.63) is 40.4 Å². The summed E-state index contributed by atoms with van der Waals surface area (Å²) in [7, 11) is 1.97. The molecule has 1 aliphatic heterocycles. The number of benzene rings is 1. The minimum atomic E-state index is 0.119. The quantitative estimate of drug-likeness (QED) is 0.857. The normalized spacial score (nSPS) is 19.5. The van der Waals surface area contributed by atoms with Crippen LogP contribution in [0.15, 0.2) is 34.8 Å². The Kier molecular flexibility index (Phi) is 5.80. The summed E-state index contributed by atoms with van der Waals surface area (Å²) in [6.07, 6.45) is 5.88. The summed E-state index contributed by atoms with van der Waals surface area (Å²) in [6, 6.07) is 7.95. The number of hydrogen-bond acceptors (Lipinski definition) is 2. The molecule has 0 saturated carbocycles. The summed E-state index contributed by atoms with van der Waals surface area (Å²) in [4.78, 5) is 14.2. The molecule has 1 atom stereocenters. The van der Waals surface area contributed by atoms with Gasteiger partial charge in [-0.3, -0.25) is 4.79 Å². The van der Waals surface area contributed by atoms with Crippen LogP contribution in [0.4, 0.5) is 0 Å². The minimum Gasteiger partial charge on any atom is -0.339 e. The van der Waals surface area contributed by atoms with E-state index >= 15 is 0 Å². The Bertz CT molecular complexity index is 468. The van der Waals surface area contributed by atoms with E-state index in [9.17, 15) is 4.79 Å². The zero-order chi connectivity index (χ0) is 14.4.